The van der Waals surface area contributed by atoms with Crippen LogP contribution in [0.25, 0.3) is 0 Å². The molecule has 1 aromatic rings. The molecule has 0 radical (unpaired) electrons. The van der Waals surface area contributed by atoms with Crippen LogP contribution in [0.15, 0.2) is 12.1 Å². The van der Waals surface area contributed by atoms with Gasteiger partial charge in [0.25, 0.3) is 0 Å². The van der Waals surface area contributed by atoms with Gasteiger partial charge in [0.15, 0.2) is 0 Å². The van der Waals surface area contributed by atoms with E-state index < -0.39 is 0 Å². The molecule has 1 fully saturated rings. The van der Waals surface area contributed by atoms with Crippen LogP contribution in [0.5, 0.6) is 0 Å². The summed E-state index contributed by atoms with van der Waals surface area (Å²) in [6.45, 7) is 11.0. The van der Waals surface area contributed by atoms with Gasteiger partial charge in [0, 0.05) is 25.3 Å². The van der Waals surface area contributed by atoms with E-state index in [2.05, 4.69) is 43.1 Å². The van der Waals surface area contributed by atoms with Crippen molar-refractivity contribution in [2.24, 2.45) is 5.92 Å². The largest absolute Gasteiger partial charge is 0.356 e. The maximum atomic E-state index is 4.88. The lowest BCUT2D eigenvalue weighted by Crippen LogP contribution is -2.22. The van der Waals surface area contributed by atoms with Crippen molar-refractivity contribution >= 4 is 5.82 Å². The van der Waals surface area contributed by atoms with Gasteiger partial charge in [-0.3, -0.25) is 0 Å². The van der Waals surface area contributed by atoms with E-state index in [1.807, 2.05) is 0 Å². The van der Waals surface area contributed by atoms with Crippen molar-refractivity contribution in [1.82, 2.24) is 10.3 Å². The van der Waals surface area contributed by atoms with Crippen LogP contribution in [0, 0.1) is 5.92 Å². The summed E-state index contributed by atoms with van der Waals surface area (Å²) in [7, 11) is 0. The van der Waals surface area contributed by atoms with Crippen molar-refractivity contribution in [2.75, 3.05) is 24.5 Å². The van der Waals surface area contributed by atoms with Crippen molar-refractivity contribution in [1.29, 1.82) is 0 Å². The first-order chi connectivity index (χ1) is 9.76. The molecule has 1 atom stereocenters. The summed E-state index contributed by atoms with van der Waals surface area (Å²) >= 11 is 0. The predicted octanol–water partition coefficient (Wildman–Crippen LogP) is 3.38. The summed E-state index contributed by atoms with van der Waals surface area (Å²) in [6, 6.07) is 4.54. The Morgan fingerprint density at radius 2 is 2.15 bits per heavy atom. The molecule has 0 spiro atoms. The summed E-state index contributed by atoms with van der Waals surface area (Å²) < 4.78 is 0. The molecule has 1 aromatic heterocycles. The van der Waals surface area contributed by atoms with Gasteiger partial charge in [0.2, 0.25) is 0 Å². The van der Waals surface area contributed by atoms with Crippen LogP contribution < -0.4 is 10.2 Å². The molecule has 1 aliphatic rings. The smallest absolute Gasteiger partial charge is 0.129 e. The Bertz CT molecular complexity index is 417. The fourth-order valence-corrected chi connectivity index (χ4v) is 2.92. The Morgan fingerprint density at radius 3 is 2.80 bits per heavy atom. The standard InChI is InChI=1S/C17H29N3/c1-4-7-16-10-15(12-18-6-3)11-17(19-16)20-9-8-14(5-2)13-20/h10-11,14,18H,4-9,12-13H2,1-3H3. The van der Waals surface area contributed by atoms with E-state index in [0.717, 1.165) is 31.8 Å². The monoisotopic (exact) mass is 275 g/mol. The first-order valence-corrected chi connectivity index (χ1v) is 8.22. The predicted molar refractivity (Wildman–Crippen MR) is 86.2 cm³/mol. The van der Waals surface area contributed by atoms with Crippen LogP contribution in [0.4, 0.5) is 5.82 Å². The molecule has 0 aromatic carbocycles. The fraction of sp³-hybridized carbons (Fsp3) is 0.706. The normalized spacial score (nSPS) is 18.8. The van der Waals surface area contributed by atoms with E-state index in [9.17, 15) is 0 Å². The number of aromatic nitrogens is 1. The molecule has 0 saturated carbocycles. The van der Waals surface area contributed by atoms with Gasteiger partial charge in [-0.2, -0.15) is 0 Å². The van der Waals surface area contributed by atoms with Gasteiger partial charge < -0.3 is 10.2 Å². The summed E-state index contributed by atoms with van der Waals surface area (Å²) in [5, 5.41) is 3.43. The van der Waals surface area contributed by atoms with Crippen LogP contribution in [0.1, 0.15) is 51.3 Å². The van der Waals surface area contributed by atoms with Crippen LogP contribution in [0.2, 0.25) is 0 Å². The van der Waals surface area contributed by atoms with Gasteiger partial charge in [-0.05, 0) is 43.0 Å². The van der Waals surface area contributed by atoms with Gasteiger partial charge in [-0.25, -0.2) is 4.98 Å². The number of nitrogens with one attached hydrogen (secondary N) is 1. The lowest BCUT2D eigenvalue weighted by atomic mass is 10.1. The highest BCUT2D eigenvalue weighted by Crippen LogP contribution is 2.25. The zero-order chi connectivity index (χ0) is 14.4. The van der Waals surface area contributed by atoms with Crippen LogP contribution >= 0.6 is 0 Å². The third-order valence-corrected chi connectivity index (χ3v) is 4.20. The second kappa shape index (κ2) is 7.63. The third-order valence-electron chi connectivity index (χ3n) is 4.20. The molecular weight excluding hydrogens is 246 g/mol. The number of aryl methyl sites for hydroxylation is 1. The van der Waals surface area contributed by atoms with Crippen LogP contribution in [-0.2, 0) is 13.0 Å². The van der Waals surface area contributed by atoms with E-state index in [4.69, 9.17) is 4.98 Å². The molecule has 20 heavy (non-hydrogen) atoms. The summed E-state index contributed by atoms with van der Waals surface area (Å²) in [5.74, 6) is 2.05. The molecule has 3 heteroatoms. The summed E-state index contributed by atoms with van der Waals surface area (Å²) in [5.41, 5.74) is 2.62. The van der Waals surface area contributed by atoms with E-state index >= 15 is 0 Å². The first kappa shape index (κ1) is 15.3. The second-order valence-electron chi connectivity index (χ2n) is 5.86. The molecule has 1 saturated heterocycles. The Hall–Kier alpha value is -1.09. The molecule has 1 N–H and O–H groups in total. The highest BCUT2D eigenvalue weighted by molar-refractivity contribution is 5.44. The maximum Gasteiger partial charge on any atom is 0.129 e. The molecule has 112 valence electrons. The third kappa shape index (κ3) is 3.95. The SMILES string of the molecule is CCCc1cc(CNCC)cc(N2CCC(CC)C2)n1. The number of anilines is 1. The van der Waals surface area contributed by atoms with Gasteiger partial charge in [-0.15, -0.1) is 0 Å². The topological polar surface area (TPSA) is 28.2 Å². The minimum Gasteiger partial charge on any atom is -0.356 e. The number of rotatable bonds is 7. The Labute approximate surface area is 123 Å². The second-order valence-corrected chi connectivity index (χ2v) is 5.86. The zero-order valence-electron chi connectivity index (χ0n) is 13.3. The lowest BCUT2D eigenvalue weighted by Gasteiger charge is -2.19. The lowest BCUT2D eigenvalue weighted by molar-refractivity contribution is 0.568. The Kier molecular flexibility index (Phi) is 5.84. The fourth-order valence-electron chi connectivity index (χ4n) is 2.92. The molecular formula is C17H29N3. The Balaban J connectivity index is 2.15. The van der Waals surface area contributed by atoms with Crippen LogP contribution in [0.3, 0.4) is 0 Å². The van der Waals surface area contributed by atoms with Crippen molar-refractivity contribution in [3.8, 4) is 0 Å². The number of hydrogen-bond donors (Lipinski definition) is 1. The average Bonchev–Trinajstić information content (AvgIpc) is 2.94. The van der Waals surface area contributed by atoms with Gasteiger partial charge in [0.1, 0.15) is 5.82 Å². The van der Waals surface area contributed by atoms with Gasteiger partial charge in [-0.1, -0.05) is 33.6 Å². The zero-order valence-corrected chi connectivity index (χ0v) is 13.3. The maximum absolute atomic E-state index is 4.88. The van der Waals surface area contributed by atoms with E-state index in [1.54, 1.807) is 0 Å². The molecule has 1 aliphatic heterocycles. The minimum atomic E-state index is 0.851. The Morgan fingerprint density at radius 1 is 1.30 bits per heavy atom. The van der Waals surface area contributed by atoms with Gasteiger partial charge >= 0.3 is 0 Å². The molecule has 0 amide bonds. The van der Waals surface area contributed by atoms with Crippen molar-refractivity contribution in [2.45, 2.75) is 53.0 Å². The summed E-state index contributed by atoms with van der Waals surface area (Å²) in [4.78, 5) is 7.36. The highest BCUT2D eigenvalue weighted by Gasteiger charge is 2.22. The molecule has 2 heterocycles. The molecule has 3 nitrogen and oxygen atoms in total. The van der Waals surface area contributed by atoms with E-state index in [1.165, 1.54) is 43.0 Å². The van der Waals surface area contributed by atoms with E-state index in [0.29, 0.717) is 0 Å². The first-order valence-electron chi connectivity index (χ1n) is 8.22. The molecule has 0 bridgehead atoms. The number of nitrogens with zero attached hydrogens (tertiary/aromatic N) is 2. The van der Waals surface area contributed by atoms with E-state index in [-0.39, 0.29) is 0 Å². The average molecular weight is 275 g/mol. The van der Waals surface area contributed by atoms with Crippen molar-refractivity contribution in [3.63, 3.8) is 0 Å². The van der Waals surface area contributed by atoms with Crippen LogP contribution in [-0.4, -0.2) is 24.6 Å². The van der Waals surface area contributed by atoms with Crippen molar-refractivity contribution < 1.29 is 0 Å². The van der Waals surface area contributed by atoms with Crippen molar-refractivity contribution in [3.05, 3.63) is 23.4 Å². The molecule has 2 rings (SSSR count). The highest BCUT2D eigenvalue weighted by atomic mass is 15.2. The molecule has 0 aliphatic carbocycles. The summed E-state index contributed by atoms with van der Waals surface area (Å²) in [6.07, 6.45) is 4.85. The number of hydrogen-bond acceptors (Lipinski definition) is 3. The molecule has 1 unspecified atom stereocenters. The minimum absolute atomic E-state index is 0.851. The van der Waals surface area contributed by atoms with Gasteiger partial charge in [0.05, 0.1) is 0 Å². The quantitative estimate of drug-likeness (QED) is 0.827. The number of pyridine rings is 1.